The molecule has 6 heteroatoms. The average Bonchev–Trinajstić information content (AvgIpc) is 2.90. The fraction of sp³-hybridized carbons (Fsp3) is 0.500. The lowest BCUT2D eigenvalue weighted by molar-refractivity contribution is -0.130. The summed E-state index contributed by atoms with van der Waals surface area (Å²) in [4.78, 5) is 26.1. The van der Waals surface area contributed by atoms with E-state index in [1.165, 1.54) is 0 Å². The molecule has 0 bridgehead atoms. The molecule has 1 heterocycles. The van der Waals surface area contributed by atoms with Gasteiger partial charge in [-0.2, -0.15) is 0 Å². The molecule has 1 aromatic carbocycles. The number of amides is 2. The normalized spacial score (nSPS) is 19.1. The van der Waals surface area contributed by atoms with Gasteiger partial charge in [-0.25, -0.2) is 0 Å². The van der Waals surface area contributed by atoms with E-state index in [1.54, 1.807) is 31.3 Å². The van der Waals surface area contributed by atoms with Gasteiger partial charge in [-0.3, -0.25) is 9.59 Å². The largest absolute Gasteiger partial charge is 0.495 e. The summed E-state index contributed by atoms with van der Waals surface area (Å²) in [5.74, 6) is 0.0798. The number of hydrogen-bond acceptors (Lipinski definition) is 4. The predicted octanol–water partition coefficient (Wildman–Crippen LogP) is 1.52. The fourth-order valence-electron chi connectivity index (χ4n) is 2.65. The quantitative estimate of drug-likeness (QED) is 0.865. The molecule has 0 radical (unpaired) electrons. The second-order valence-corrected chi connectivity index (χ2v) is 5.44. The fourth-order valence-corrected chi connectivity index (χ4v) is 2.65. The number of nitrogens with zero attached hydrogens (tertiary/aromatic N) is 1. The minimum Gasteiger partial charge on any atom is -0.495 e. The van der Waals surface area contributed by atoms with Crippen molar-refractivity contribution in [2.24, 2.45) is 5.92 Å². The third-order valence-corrected chi connectivity index (χ3v) is 3.83. The molecule has 1 aromatic rings. The summed E-state index contributed by atoms with van der Waals surface area (Å²) < 4.78 is 10.3. The molecule has 6 nitrogen and oxygen atoms in total. The maximum absolute atomic E-state index is 12.4. The smallest absolute Gasteiger partial charge is 0.229 e. The summed E-state index contributed by atoms with van der Waals surface area (Å²) in [5, 5.41) is 2.84. The van der Waals surface area contributed by atoms with E-state index in [1.807, 2.05) is 19.1 Å². The van der Waals surface area contributed by atoms with E-state index in [-0.39, 0.29) is 30.2 Å². The lowest BCUT2D eigenvalue weighted by atomic mass is 10.1. The first-order valence-corrected chi connectivity index (χ1v) is 7.29. The Morgan fingerprint density at radius 2 is 2.14 bits per heavy atom. The number of carbonyl (C=O) groups excluding carboxylic acids is 2. The third kappa shape index (κ3) is 3.57. The molecule has 2 amide bonds. The monoisotopic (exact) mass is 306 g/mol. The summed E-state index contributed by atoms with van der Waals surface area (Å²) in [6.45, 7) is 2.80. The van der Waals surface area contributed by atoms with Crippen molar-refractivity contribution < 1.29 is 19.1 Å². The molecule has 120 valence electrons. The number of rotatable bonds is 6. The zero-order chi connectivity index (χ0) is 16.1. The molecule has 1 aliphatic heterocycles. The Kier molecular flexibility index (Phi) is 5.38. The van der Waals surface area contributed by atoms with Crippen LogP contribution in [0.4, 0.5) is 5.69 Å². The van der Waals surface area contributed by atoms with Gasteiger partial charge in [0.25, 0.3) is 0 Å². The Morgan fingerprint density at radius 1 is 1.41 bits per heavy atom. The SMILES string of the molecule is COC[C@H](C)N1C[C@@H](C(=O)Nc2ccccc2OC)CC1=O. The molecule has 1 fully saturated rings. The molecule has 0 unspecified atom stereocenters. The lowest BCUT2D eigenvalue weighted by Gasteiger charge is -2.24. The van der Waals surface area contributed by atoms with Crippen LogP contribution in [0.25, 0.3) is 0 Å². The van der Waals surface area contributed by atoms with Crippen molar-refractivity contribution >= 4 is 17.5 Å². The second-order valence-electron chi connectivity index (χ2n) is 5.44. The number of ether oxygens (including phenoxy) is 2. The molecule has 22 heavy (non-hydrogen) atoms. The van der Waals surface area contributed by atoms with Crippen LogP contribution in [0.1, 0.15) is 13.3 Å². The van der Waals surface area contributed by atoms with Crippen LogP contribution in [0.15, 0.2) is 24.3 Å². The summed E-state index contributed by atoms with van der Waals surface area (Å²) in [6.07, 6.45) is 0.231. The van der Waals surface area contributed by atoms with E-state index in [9.17, 15) is 9.59 Å². The zero-order valence-corrected chi connectivity index (χ0v) is 13.2. The predicted molar refractivity (Wildman–Crippen MR) is 82.8 cm³/mol. The minimum atomic E-state index is -0.350. The number of methoxy groups -OCH3 is 2. The summed E-state index contributed by atoms with van der Waals surface area (Å²) in [6, 6.07) is 7.19. The van der Waals surface area contributed by atoms with Crippen molar-refractivity contribution in [2.45, 2.75) is 19.4 Å². The van der Waals surface area contributed by atoms with Crippen LogP contribution in [0.3, 0.4) is 0 Å². The topological polar surface area (TPSA) is 67.9 Å². The maximum atomic E-state index is 12.4. The van der Waals surface area contributed by atoms with Crippen molar-refractivity contribution in [1.29, 1.82) is 0 Å². The Bertz CT molecular complexity index is 547. The van der Waals surface area contributed by atoms with Crippen molar-refractivity contribution in [1.82, 2.24) is 4.90 Å². The number of para-hydroxylation sites is 2. The molecule has 1 saturated heterocycles. The highest BCUT2D eigenvalue weighted by Gasteiger charge is 2.36. The minimum absolute atomic E-state index is 0.00951. The summed E-state index contributed by atoms with van der Waals surface area (Å²) in [7, 11) is 3.15. The van der Waals surface area contributed by atoms with Gasteiger partial charge in [-0.05, 0) is 19.1 Å². The van der Waals surface area contributed by atoms with Gasteiger partial charge < -0.3 is 19.7 Å². The highest BCUT2D eigenvalue weighted by molar-refractivity contribution is 5.98. The number of benzene rings is 1. The first-order chi connectivity index (χ1) is 10.6. The van der Waals surface area contributed by atoms with E-state index >= 15 is 0 Å². The second kappa shape index (κ2) is 7.26. The first kappa shape index (κ1) is 16.3. The van der Waals surface area contributed by atoms with E-state index in [2.05, 4.69) is 5.32 Å². The van der Waals surface area contributed by atoms with Gasteiger partial charge in [0.05, 0.1) is 31.4 Å². The molecule has 1 aliphatic rings. The molecular weight excluding hydrogens is 284 g/mol. The highest BCUT2D eigenvalue weighted by atomic mass is 16.5. The summed E-state index contributed by atoms with van der Waals surface area (Å²) >= 11 is 0. The Labute approximate surface area is 130 Å². The van der Waals surface area contributed by atoms with Gasteiger partial charge in [0.2, 0.25) is 11.8 Å². The van der Waals surface area contributed by atoms with Gasteiger partial charge >= 0.3 is 0 Å². The Morgan fingerprint density at radius 3 is 2.82 bits per heavy atom. The molecule has 2 rings (SSSR count). The molecule has 0 spiro atoms. The van der Waals surface area contributed by atoms with E-state index < -0.39 is 0 Å². The third-order valence-electron chi connectivity index (χ3n) is 3.83. The molecular formula is C16H22N2O4. The van der Waals surface area contributed by atoms with Gasteiger partial charge in [-0.1, -0.05) is 12.1 Å². The molecule has 0 aromatic heterocycles. The van der Waals surface area contributed by atoms with E-state index in [4.69, 9.17) is 9.47 Å². The molecule has 0 saturated carbocycles. The maximum Gasteiger partial charge on any atom is 0.229 e. The molecule has 1 N–H and O–H groups in total. The van der Waals surface area contributed by atoms with Crippen LogP contribution in [0.2, 0.25) is 0 Å². The number of likely N-dealkylation sites (tertiary alicyclic amines) is 1. The van der Waals surface area contributed by atoms with Crippen LogP contribution in [-0.2, 0) is 14.3 Å². The number of carbonyl (C=O) groups is 2. The van der Waals surface area contributed by atoms with Crippen LogP contribution in [0.5, 0.6) is 5.75 Å². The van der Waals surface area contributed by atoms with E-state index in [0.29, 0.717) is 24.6 Å². The van der Waals surface area contributed by atoms with Gasteiger partial charge in [-0.15, -0.1) is 0 Å². The van der Waals surface area contributed by atoms with Crippen LogP contribution in [-0.4, -0.2) is 50.1 Å². The van der Waals surface area contributed by atoms with Crippen LogP contribution in [0, 0.1) is 5.92 Å². The molecule has 2 atom stereocenters. The van der Waals surface area contributed by atoms with Crippen molar-refractivity contribution in [2.75, 3.05) is 32.7 Å². The Hall–Kier alpha value is -2.08. The number of nitrogens with one attached hydrogen (secondary N) is 1. The summed E-state index contributed by atoms with van der Waals surface area (Å²) in [5.41, 5.74) is 0.617. The lowest BCUT2D eigenvalue weighted by Crippen LogP contribution is -2.38. The van der Waals surface area contributed by atoms with Gasteiger partial charge in [0, 0.05) is 20.1 Å². The Balaban J connectivity index is 2.01. The van der Waals surface area contributed by atoms with Gasteiger partial charge in [0.15, 0.2) is 0 Å². The zero-order valence-electron chi connectivity index (χ0n) is 13.2. The van der Waals surface area contributed by atoms with Crippen molar-refractivity contribution in [3.05, 3.63) is 24.3 Å². The van der Waals surface area contributed by atoms with Crippen molar-refractivity contribution in [3.63, 3.8) is 0 Å². The van der Waals surface area contributed by atoms with Crippen LogP contribution < -0.4 is 10.1 Å². The molecule has 0 aliphatic carbocycles. The van der Waals surface area contributed by atoms with Crippen LogP contribution >= 0.6 is 0 Å². The van der Waals surface area contributed by atoms with Crippen molar-refractivity contribution in [3.8, 4) is 5.75 Å². The van der Waals surface area contributed by atoms with Gasteiger partial charge in [0.1, 0.15) is 5.75 Å². The highest BCUT2D eigenvalue weighted by Crippen LogP contribution is 2.26. The number of anilines is 1. The average molecular weight is 306 g/mol. The van der Waals surface area contributed by atoms with E-state index in [0.717, 1.165) is 0 Å². The first-order valence-electron chi connectivity index (χ1n) is 7.29. The standard InChI is InChI=1S/C16H22N2O4/c1-11(10-21-2)18-9-12(8-15(18)19)16(20)17-13-6-4-5-7-14(13)22-3/h4-7,11-12H,8-10H2,1-3H3,(H,17,20)/t11-,12-/m0/s1. The number of hydrogen-bond donors (Lipinski definition) is 1.